The molecule has 49 heavy (non-hydrogen) atoms. The minimum absolute atomic E-state index is 0.848. The Labute approximate surface area is 280 Å². The Balaban J connectivity index is 1.18. The third-order valence-corrected chi connectivity index (χ3v) is 10.1. The van der Waals surface area contributed by atoms with Crippen LogP contribution in [0.5, 0.6) is 0 Å². The van der Waals surface area contributed by atoms with E-state index in [0.29, 0.717) is 0 Å². The van der Waals surface area contributed by atoms with Crippen LogP contribution in [0.25, 0.3) is 110 Å². The highest BCUT2D eigenvalue weighted by Crippen LogP contribution is 2.47. The van der Waals surface area contributed by atoms with E-state index >= 15 is 0 Å². The van der Waals surface area contributed by atoms with Crippen molar-refractivity contribution in [3.05, 3.63) is 158 Å². The molecule has 228 valence electrons. The first kappa shape index (κ1) is 26.5. The van der Waals surface area contributed by atoms with Crippen molar-refractivity contribution in [2.45, 2.75) is 0 Å². The molecule has 0 saturated heterocycles. The Hall–Kier alpha value is -6.58. The van der Waals surface area contributed by atoms with Crippen LogP contribution in [0, 0.1) is 0 Å². The van der Waals surface area contributed by atoms with Gasteiger partial charge in [-0.25, -0.2) is 0 Å². The zero-order chi connectivity index (χ0) is 32.1. The van der Waals surface area contributed by atoms with Crippen LogP contribution in [0.1, 0.15) is 0 Å². The zero-order valence-corrected chi connectivity index (χ0v) is 26.2. The van der Waals surface area contributed by atoms with Crippen molar-refractivity contribution in [3.63, 3.8) is 0 Å². The van der Waals surface area contributed by atoms with Crippen LogP contribution in [0.2, 0.25) is 0 Å². The van der Waals surface area contributed by atoms with E-state index in [2.05, 4.69) is 133 Å². The lowest BCUT2D eigenvalue weighted by Crippen LogP contribution is -1.91. The van der Waals surface area contributed by atoms with E-state index in [1.165, 1.54) is 38.2 Å². The summed E-state index contributed by atoms with van der Waals surface area (Å²) in [5, 5.41) is 10.3. The molecule has 0 fully saturated rings. The predicted octanol–water partition coefficient (Wildman–Crippen LogP) is 13.5. The number of hydrogen-bond acceptors (Lipinski definition) is 3. The topological polar surface area (TPSA) is 39.4 Å². The lowest BCUT2D eigenvalue weighted by molar-refractivity contribution is 0.617. The Bertz CT molecular complexity index is 3040. The molecule has 0 aliphatic carbocycles. The molecule has 0 amide bonds. The quantitative estimate of drug-likeness (QED) is 0.183. The summed E-state index contributed by atoms with van der Waals surface area (Å²) in [6, 6.07) is 53.5. The van der Waals surface area contributed by atoms with E-state index in [1.807, 2.05) is 24.5 Å². The molecule has 0 aliphatic heterocycles. The van der Waals surface area contributed by atoms with Gasteiger partial charge in [0.25, 0.3) is 0 Å². The largest absolute Gasteiger partial charge is 0.464 e. The van der Waals surface area contributed by atoms with Gasteiger partial charge in [0, 0.05) is 32.5 Å². The number of benzene rings is 8. The van der Waals surface area contributed by atoms with Gasteiger partial charge in [0.1, 0.15) is 27.9 Å². The van der Waals surface area contributed by atoms with Crippen molar-refractivity contribution in [3.8, 4) is 33.4 Å². The second kappa shape index (κ2) is 9.96. The molecule has 11 aromatic rings. The maximum absolute atomic E-state index is 6.48. The molecule has 3 nitrogen and oxygen atoms in total. The summed E-state index contributed by atoms with van der Waals surface area (Å²) in [4.78, 5) is 0. The first-order valence-electron chi connectivity index (χ1n) is 16.6. The molecule has 0 aliphatic rings. The number of hydrogen-bond donors (Lipinski definition) is 0. The molecular formula is C46H26O3. The third-order valence-electron chi connectivity index (χ3n) is 10.1. The van der Waals surface area contributed by atoms with E-state index in [1.54, 1.807) is 0 Å². The molecular weight excluding hydrogens is 601 g/mol. The van der Waals surface area contributed by atoms with Gasteiger partial charge in [0.2, 0.25) is 0 Å². The Morgan fingerprint density at radius 3 is 1.67 bits per heavy atom. The second-order valence-electron chi connectivity index (χ2n) is 12.8. The molecule has 0 saturated carbocycles. The molecule has 0 N–H and O–H groups in total. The van der Waals surface area contributed by atoms with Gasteiger partial charge < -0.3 is 13.3 Å². The van der Waals surface area contributed by atoms with Crippen LogP contribution in [0.3, 0.4) is 0 Å². The molecule has 3 aromatic heterocycles. The summed E-state index contributed by atoms with van der Waals surface area (Å²) in [6.07, 6.45) is 1.85. The highest BCUT2D eigenvalue weighted by molar-refractivity contribution is 6.26. The van der Waals surface area contributed by atoms with Crippen molar-refractivity contribution in [1.82, 2.24) is 0 Å². The van der Waals surface area contributed by atoms with E-state index in [9.17, 15) is 0 Å². The molecule has 0 atom stereocenters. The molecule has 0 radical (unpaired) electrons. The number of rotatable bonds is 3. The number of para-hydroxylation sites is 1. The molecule has 11 rings (SSSR count). The van der Waals surface area contributed by atoms with E-state index in [4.69, 9.17) is 13.3 Å². The monoisotopic (exact) mass is 626 g/mol. The van der Waals surface area contributed by atoms with Gasteiger partial charge in [-0.1, -0.05) is 115 Å². The Morgan fingerprint density at radius 2 is 0.898 bits per heavy atom. The fourth-order valence-electron chi connectivity index (χ4n) is 8.01. The molecule has 0 spiro atoms. The molecule has 0 bridgehead atoms. The Morgan fingerprint density at radius 1 is 0.306 bits per heavy atom. The Kier molecular flexibility index (Phi) is 5.38. The smallest absolute Gasteiger partial charge is 0.136 e. The van der Waals surface area contributed by atoms with Gasteiger partial charge in [-0.3, -0.25) is 0 Å². The molecule has 8 aromatic carbocycles. The standard InChI is InChI=1S/C46H26O3/c1-2-11-27(12-3-1)38-26-47-42-24-36-35-23-28(21-22-40(35)49-43(36)25-37(38)42)44-29-13-4-6-15-31(29)45(32-16-7-5-14-30(32)44)34-18-10-20-41-46(34)33-17-8-9-19-39(33)48-41/h1-26H. The lowest BCUT2D eigenvalue weighted by Gasteiger charge is -2.18. The van der Waals surface area contributed by atoms with Crippen LogP contribution in [-0.2, 0) is 0 Å². The lowest BCUT2D eigenvalue weighted by atomic mass is 9.84. The SMILES string of the molecule is c1ccc(-c2coc3cc4c(cc23)oc2ccc(-c3c5ccccc5c(-c5cccc6oc7ccccc7c56)c5ccccc35)cc24)cc1. The van der Waals surface area contributed by atoms with Crippen LogP contribution >= 0.6 is 0 Å². The van der Waals surface area contributed by atoms with E-state index < -0.39 is 0 Å². The maximum atomic E-state index is 6.48. The van der Waals surface area contributed by atoms with Crippen LogP contribution in [0.15, 0.2) is 171 Å². The third kappa shape index (κ3) is 3.78. The summed E-state index contributed by atoms with van der Waals surface area (Å²) >= 11 is 0. The predicted molar refractivity (Wildman–Crippen MR) is 202 cm³/mol. The van der Waals surface area contributed by atoms with Gasteiger partial charge in [-0.2, -0.15) is 0 Å². The van der Waals surface area contributed by atoms with Crippen molar-refractivity contribution in [2.75, 3.05) is 0 Å². The maximum Gasteiger partial charge on any atom is 0.136 e. The molecule has 0 unspecified atom stereocenters. The highest BCUT2D eigenvalue weighted by Gasteiger charge is 2.21. The van der Waals surface area contributed by atoms with Crippen LogP contribution in [-0.4, -0.2) is 0 Å². The first-order chi connectivity index (χ1) is 24.3. The minimum Gasteiger partial charge on any atom is -0.464 e. The fraction of sp³-hybridized carbons (Fsp3) is 0. The summed E-state index contributed by atoms with van der Waals surface area (Å²) in [6.45, 7) is 0. The summed E-state index contributed by atoms with van der Waals surface area (Å²) in [5.74, 6) is 0. The van der Waals surface area contributed by atoms with Gasteiger partial charge in [-0.05, 0) is 85.8 Å². The van der Waals surface area contributed by atoms with Crippen molar-refractivity contribution in [1.29, 1.82) is 0 Å². The van der Waals surface area contributed by atoms with Crippen molar-refractivity contribution < 1.29 is 13.3 Å². The second-order valence-corrected chi connectivity index (χ2v) is 12.8. The normalized spacial score (nSPS) is 12.1. The zero-order valence-electron chi connectivity index (χ0n) is 26.2. The highest BCUT2D eigenvalue weighted by atomic mass is 16.3. The van der Waals surface area contributed by atoms with Crippen molar-refractivity contribution in [2.24, 2.45) is 0 Å². The van der Waals surface area contributed by atoms with Gasteiger partial charge >= 0.3 is 0 Å². The van der Waals surface area contributed by atoms with E-state index in [0.717, 1.165) is 71.5 Å². The molecule has 3 heterocycles. The summed E-state index contributed by atoms with van der Waals surface area (Å²) in [5.41, 5.74) is 11.3. The number of furan rings is 3. The summed E-state index contributed by atoms with van der Waals surface area (Å²) < 4.78 is 18.9. The van der Waals surface area contributed by atoms with Crippen LogP contribution < -0.4 is 0 Å². The average Bonchev–Trinajstić information content (AvgIpc) is 3.86. The summed E-state index contributed by atoms with van der Waals surface area (Å²) in [7, 11) is 0. The molecule has 3 heteroatoms. The van der Waals surface area contributed by atoms with Crippen LogP contribution in [0.4, 0.5) is 0 Å². The average molecular weight is 627 g/mol. The van der Waals surface area contributed by atoms with Gasteiger partial charge in [-0.15, -0.1) is 0 Å². The van der Waals surface area contributed by atoms with Gasteiger partial charge in [0.05, 0.1) is 6.26 Å². The number of fused-ring (bicyclic) bond motifs is 9. The first-order valence-corrected chi connectivity index (χ1v) is 16.6. The minimum atomic E-state index is 0.848. The van der Waals surface area contributed by atoms with Gasteiger partial charge in [0.15, 0.2) is 0 Å². The van der Waals surface area contributed by atoms with Crippen molar-refractivity contribution >= 4 is 76.4 Å². The fourth-order valence-corrected chi connectivity index (χ4v) is 8.01. The van der Waals surface area contributed by atoms with E-state index in [-0.39, 0.29) is 0 Å².